The number of rotatable bonds is 4. The Bertz CT molecular complexity index is 895. The molecule has 0 aromatic heterocycles. The number of halogens is 1. The first-order valence-corrected chi connectivity index (χ1v) is 11.1. The van der Waals surface area contributed by atoms with Crippen molar-refractivity contribution >= 4 is 11.8 Å². The number of nitrogens with zero attached hydrogens (tertiary/aromatic N) is 3. The molecule has 0 N–H and O–H groups in total. The summed E-state index contributed by atoms with van der Waals surface area (Å²) in [4.78, 5) is 30.9. The van der Waals surface area contributed by atoms with Crippen LogP contribution in [-0.2, 0) is 16.1 Å². The topological polar surface area (TPSA) is 43.9 Å². The molecule has 0 radical (unpaired) electrons. The second kappa shape index (κ2) is 9.60. The Kier molecular flexibility index (Phi) is 6.66. The minimum Gasteiger partial charge on any atom is -0.339 e. The number of carbonyl (C=O) groups is 2. The van der Waals surface area contributed by atoms with E-state index in [9.17, 15) is 14.0 Å². The molecule has 0 spiro atoms. The smallest absolute Gasteiger partial charge is 0.227 e. The first-order valence-electron chi connectivity index (χ1n) is 11.1. The van der Waals surface area contributed by atoms with Crippen molar-refractivity contribution in [2.75, 3.05) is 32.7 Å². The van der Waals surface area contributed by atoms with E-state index in [0.29, 0.717) is 39.3 Å². The highest BCUT2D eigenvalue weighted by Gasteiger charge is 2.35. The molecule has 2 aliphatic heterocycles. The summed E-state index contributed by atoms with van der Waals surface area (Å²) in [5.74, 6) is -0.0242. The van der Waals surface area contributed by atoms with E-state index in [4.69, 9.17) is 0 Å². The van der Waals surface area contributed by atoms with Crippen LogP contribution in [0.25, 0.3) is 0 Å². The molecule has 2 aromatic carbocycles. The van der Waals surface area contributed by atoms with Crippen molar-refractivity contribution in [1.29, 1.82) is 0 Å². The van der Waals surface area contributed by atoms with Crippen LogP contribution in [-0.4, -0.2) is 59.2 Å². The van der Waals surface area contributed by atoms with E-state index in [1.807, 2.05) is 23.1 Å². The molecule has 5 nitrogen and oxygen atoms in total. The molecule has 2 heterocycles. The monoisotopic (exact) mass is 423 g/mol. The number of amides is 2. The van der Waals surface area contributed by atoms with E-state index >= 15 is 0 Å². The van der Waals surface area contributed by atoms with Crippen molar-refractivity contribution < 1.29 is 14.0 Å². The average Bonchev–Trinajstić information content (AvgIpc) is 2.80. The van der Waals surface area contributed by atoms with Crippen LogP contribution in [0.15, 0.2) is 54.6 Å². The highest BCUT2D eigenvalue weighted by atomic mass is 19.1. The second-order valence-corrected chi connectivity index (χ2v) is 8.59. The van der Waals surface area contributed by atoms with Crippen LogP contribution in [0.2, 0.25) is 0 Å². The summed E-state index contributed by atoms with van der Waals surface area (Å²) in [5, 5.41) is 0. The Morgan fingerprint density at radius 1 is 0.903 bits per heavy atom. The Morgan fingerprint density at radius 2 is 1.55 bits per heavy atom. The molecule has 2 amide bonds. The number of piperazine rings is 1. The summed E-state index contributed by atoms with van der Waals surface area (Å²) in [6, 6.07) is 17.3. The maximum absolute atomic E-state index is 13.4. The number of piperidine rings is 1. The van der Waals surface area contributed by atoms with Gasteiger partial charge < -0.3 is 9.80 Å². The van der Waals surface area contributed by atoms with Crippen LogP contribution in [0, 0.1) is 11.7 Å². The lowest BCUT2D eigenvalue weighted by Crippen LogP contribution is -2.53. The largest absolute Gasteiger partial charge is 0.339 e. The third-order valence-electron chi connectivity index (χ3n) is 6.55. The summed E-state index contributed by atoms with van der Waals surface area (Å²) < 4.78 is 13.4. The predicted molar refractivity (Wildman–Crippen MR) is 118 cm³/mol. The van der Waals surface area contributed by atoms with Gasteiger partial charge in [-0.25, -0.2) is 4.39 Å². The Labute approximate surface area is 183 Å². The minimum absolute atomic E-state index is 0.0516. The maximum Gasteiger partial charge on any atom is 0.227 e. The summed E-state index contributed by atoms with van der Waals surface area (Å²) in [7, 11) is 0. The third kappa shape index (κ3) is 5.13. The molecule has 2 fully saturated rings. The van der Waals surface area contributed by atoms with Gasteiger partial charge >= 0.3 is 0 Å². The van der Waals surface area contributed by atoms with Crippen molar-refractivity contribution in [2.45, 2.75) is 32.4 Å². The SMILES string of the molecule is CC(=O)N1CCN(C(=O)C2CCC(c3ccccc3)N(Cc3ccc(F)cc3)C2)CC1. The lowest BCUT2D eigenvalue weighted by atomic mass is 9.87. The fourth-order valence-electron chi connectivity index (χ4n) is 4.80. The van der Waals surface area contributed by atoms with Gasteiger partial charge in [0.2, 0.25) is 11.8 Å². The third-order valence-corrected chi connectivity index (χ3v) is 6.55. The molecule has 4 rings (SSSR count). The van der Waals surface area contributed by atoms with Gasteiger partial charge in [0.25, 0.3) is 0 Å². The summed E-state index contributed by atoms with van der Waals surface area (Å²) in [5.41, 5.74) is 2.30. The minimum atomic E-state index is -0.236. The molecule has 0 saturated carbocycles. The van der Waals surface area contributed by atoms with Crippen LogP contribution in [0.3, 0.4) is 0 Å². The molecule has 31 heavy (non-hydrogen) atoms. The molecule has 164 valence electrons. The van der Waals surface area contributed by atoms with Crippen molar-refractivity contribution in [3.8, 4) is 0 Å². The van der Waals surface area contributed by atoms with Crippen LogP contribution >= 0.6 is 0 Å². The van der Waals surface area contributed by atoms with E-state index in [-0.39, 0.29) is 29.6 Å². The zero-order valence-corrected chi connectivity index (χ0v) is 18.0. The van der Waals surface area contributed by atoms with Crippen LogP contribution in [0.1, 0.15) is 36.9 Å². The molecule has 2 aliphatic rings. The average molecular weight is 424 g/mol. The number of carbonyl (C=O) groups excluding carboxylic acids is 2. The number of likely N-dealkylation sites (tertiary alicyclic amines) is 1. The van der Waals surface area contributed by atoms with Crippen molar-refractivity contribution in [2.24, 2.45) is 5.92 Å². The van der Waals surface area contributed by atoms with Gasteiger partial charge in [0.05, 0.1) is 5.92 Å². The Morgan fingerprint density at radius 3 is 2.19 bits per heavy atom. The van der Waals surface area contributed by atoms with E-state index in [0.717, 1.165) is 18.4 Å². The fourth-order valence-corrected chi connectivity index (χ4v) is 4.80. The zero-order chi connectivity index (χ0) is 21.8. The fraction of sp³-hybridized carbons (Fsp3) is 0.440. The van der Waals surface area contributed by atoms with Gasteiger partial charge in [-0.2, -0.15) is 0 Å². The summed E-state index contributed by atoms with van der Waals surface area (Å²) >= 11 is 0. The van der Waals surface area contributed by atoms with Crippen molar-refractivity contribution in [1.82, 2.24) is 14.7 Å². The molecule has 2 saturated heterocycles. The van der Waals surface area contributed by atoms with E-state index in [1.54, 1.807) is 11.8 Å². The second-order valence-electron chi connectivity index (χ2n) is 8.59. The number of benzene rings is 2. The summed E-state index contributed by atoms with van der Waals surface area (Å²) in [6.45, 7) is 5.38. The first kappa shape index (κ1) is 21.5. The standard InChI is InChI=1S/C25H30FN3O2/c1-19(30)27-13-15-28(16-14-27)25(31)22-9-12-24(21-5-3-2-4-6-21)29(18-22)17-20-7-10-23(26)11-8-20/h2-8,10-11,22,24H,9,12-18H2,1H3. The van der Waals surface area contributed by atoms with Gasteiger partial charge in [-0.1, -0.05) is 42.5 Å². The highest BCUT2D eigenvalue weighted by molar-refractivity contribution is 5.80. The van der Waals surface area contributed by atoms with E-state index in [1.165, 1.54) is 17.7 Å². The Hall–Kier alpha value is -2.73. The van der Waals surface area contributed by atoms with Crippen LogP contribution in [0.4, 0.5) is 4.39 Å². The van der Waals surface area contributed by atoms with Gasteiger partial charge in [-0.3, -0.25) is 14.5 Å². The molecule has 2 atom stereocenters. The van der Waals surface area contributed by atoms with E-state index in [2.05, 4.69) is 29.2 Å². The van der Waals surface area contributed by atoms with Crippen LogP contribution < -0.4 is 0 Å². The lowest BCUT2D eigenvalue weighted by Gasteiger charge is -2.42. The lowest BCUT2D eigenvalue weighted by molar-refractivity contribution is -0.143. The molecular weight excluding hydrogens is 393 g/mol. The van der Waals surface area contributed by atoms with Crippen LogP contribution in [0.5, 0.6) is 0 Å². The molecule has 2 unspecified atom stereocenters. The molecule has 0 aliphatic carbocycles. The Balaban J connectivity index is 1.47. The van der Waals surface area contributed by atoms with Gasteiger partial charge in [0.15, 0.2) is 0 Å². The highest BCUT2D eigenvalue weighted by Crippen LogP contribution is 2.35. The number of hydrogen-bond acceptors (Lipinski definition) is 3. The van der Waals surface area contributed by atoms with E-state index < -0.39 is 0 Å². The van der Waals surface area contributed by atoms with Gasteiger partial charge in [0, 0.05) is 52.2 Å². The normalized spacial score (nSPS) is 22.4. The van der Waals surface area contributed by atoms with Gasteiger partial charge in [-0.05, 0) is 36.1 Å². The predicted octanol–water partition coefficient (Wildman–Crippen LogP) is 3.47. The molecule has 2 aromatic rings. The molecule has 0 bridgehead atoms. The maximum atomic E-state index is 13.4. The molecule has 6 heteroatoms. The van der Waals surface area contributed by atoms with Gasteiger partial charge in [0.1, 0.15) is 5.82 Å². The zero-order valence-electron chi connectivity index (χ0n) is 18.0. The molecular formula is C25H30FN3O2. The summed E-state index contributed by atoms with van der Waals surface area (Å²) in [6.07, 6.45) is 1.76. The quantitative estimate of drug-likeness (QED) is 0.756. The van der Waals surface area contributed by atoms with Gasteiger partial charge in [-0.15, -0.1) is 0 Å². The van der Waals surface area contributed by atoms with Crippen molar-refractivity contribution in [3.05, 3.63) is 71.5 Å². The first-order chi connectivity index (χ1) is 15.0. The number of hydrogen-bond donors (Lipinski definition) is 0. The van der Waals surface area contributed by atoms with Crippen molar-refractivity contribution in [3.63, 3.8) is 0 Å².